The summed E-state index contributed by atoms with van der Waals surface area (Å²) in [5.74, 6) is -1.34. The number of ether oxygens (including phenoxy) is 1. The molecule has 3 N–H and O–H groups in total. The standard InChI is InChI=1S/C21H22N4O4/c1-14(20(27)23-13-15-7-3-2-4-8-15)29-18(26)11-12-22-21(28)19-16-9-5-6-10-17(16)24-25-19/h2-10,14H,11-13H2,1H3,(H,22,28)(H,23,27)(H,24,25). The number of fused-ring (bicyclic) bond motifs is 1. The molecule has 29 heavy (non-hydrogen) atoms. The van der Waals surface area contributed by atoms with Gasteiger partial charge in [-0.3, -0.25) is 19.5 Å². The van der Waals surface area contributed by atoms with Crippen LogP contribution in [0.5, 0.6) is 0 Å². The Morgan fingerprint density at radius 1 is 1.03 bits per heavy atom. The van der Waals surface area contributed by atoms with Crippen LogP contribution in [0.25, 0.3) is 10.9 Å². The van der Waals surface area contributed by atoms with Crippen molar-refractivity contribution in [1.29, 1.82) is 0 Å². The lowest BCUT2D eigenvalue weighted by atomic mass is 10.2. The lowest BCUT2D eigenvalue weighted by Gasteiger charge is -2.13. The molecule has 0 spiro atoms. The second-order valence-electron chi connectivity index (χ2n) is 6.46. The second kappa shape index (κ2) is 9.50. The highest BCUT2D eigenvalue weighted by atomic mass is 16.5. The molecule has 8 heteroatoms. The third kappa shape index (κ3) is 5.41. The molecule has 3 aromatic rings. The van der Waals surface area contributed by atoms with Crippen molar-refractivity contribution in [2.24, 2.45) is 0 Å². The Kier molecular flexibility index (Phi) is 6.57. The Balaban J connectivity index is 1.40. The van der Waals surface area contributed by atoms with Gasteiger partial charge in [-0.1, -0.05) is 48.5 Å². The Morgan fingerprint density at radius 3 is 2.55 bits per heavy atom. The molecule has 150 valence electrons. The molecular formula is C21H22N4O4. The van der Waals surface area contributed by atoms with Gasteiger partial charge in [0.15, 0.2) is 11.8 Å². The Bertz CT molecular complexity index is 1000. The number of carbonyl (C=O) groups excluding carboxylic acids is 3. The van der Waals surface area contributed by atoms with Crippen molar-refractivity contribution in [1.82, 2.24) is 20.8 Å². The molecule has 1 heterocycles. The maximum atomic E-state index is 12.2. The fraction of sp³-hybridized carbons (Fsp3) is 0.238. The SMILES string of the molecule is CC(OC(=O)CCNC(=O)c1n[nH]c2ccccc12)C(=O)NCc1ccccc1. The van der Waals surface area contributed by atoms with Gasteiger partial charge in [-0.2, -0.15) is 5.10 Å². The largest absolute Gasteiger partial charge is 0.452 e. The minimum absolute atomic E-state index is 0.0512. The van der Waals surface area contributed by atoms with E-state index >= 15 is 0 Å². The first-order chi connectivity index (χ1) is 14.0. The monoisotopic (exact) mass is 394 g/mol. The number of H-pyrrole nitrogens is 1. The summed E-state index contributed by atoms with van der Waals surface area (Å²) in [5.41, 5.74) is 1.98. The van der Waals surface area contributed by atoms with E-state index in [-0.39, 0.29) is 30.5 Å². The number of para-hydroxylation sites is 1. The van der Waals surface area contributed by atoms with E-state index in [0.29, 0.717) is 11.9 Å². The summed E-state index contributed by atoms with van der Waals surface area (Å²) >= 11 is 0. The molecule has 1 aromatic heterocycles. The highest BCUT2D eigenvalue weighted by Gasteiger charge is 2.18. The van der Waals surface area contributed by atoms with E-state index in [0.717, 1.165) is 11.1 Å². The number of nitrogens with zero attached hydrogens (tertiary/aromatic N) is 1. The minimum Gasteiger partial charge on any atom is -0.452 e. The maximum Gasteiger partial charge on any atom is 0.308 e. The Hall–Kier alpha value is -3.68. The number of hydrogen-bond acceptors (Lipinski definition) is 5. The van der Waals surface area contributed by atoms with Crippen LogP contribution in [0.15, 0.2) is 54.6 Å². The van der Waals surface area contributed by atoms with Gasteiger partial charge >= 0.3 is 5.97 Å². The van der Waals surface area contributed by atoms with Gasteiger partial charge in [0.1, 0.15) is 0 Å². The molecule has 0 saturated carbocycles. The van der Waals surface area contributed by atoms with E-state index in [1.54, 1.807) is 6.07 Å². The topological polar surface area (TPSA) is 113 Å². The molecular weight excluding hydrogens is 372 g/mol. The Labute approximate surface area is 167 Å². The molecule has 0 aliphatic carbocycles. The number of nitrogens with one attached hydrogen (secondary N) is 3. The summed E-state index contributed by atoms with van der Waals surface area (Å²) in [6, 6.07) is 16.7. The van der Waals surface area contributed by atoms with Crippen molar-refractivity contribution in [3.63, 3.8) is 0 Å². The van der Waals surface area contributed by atoms with E-state index in [1.807, 2.05) is 48.5 Å². The van der Waals surface area contributed by atoms with Gasteiger partial charge in [0.2, 0.25) is 0 Å². The van der Waals surface area contributed by atoms with E-state index in [2.05, 4.69) is 20.8 Å². The summed E-state index contributed by atoms with van der Waals surface area (Å²) in [5, 5.41) is 12.8. The first kappa shape index (κ1) is 20.1. The van der Waals surface area contributed by atoms with Gasteiger partial charge in [-0.25, -0.2) is 0 Å². The van der Waals surface area contributed by atoms with Gasteiger partial charge in [0.25, 0.3) is 11.8 Å². The third-order valence-electron chi connectivity index (χ3n) is 4.29. The fourth-order valence-corrected chi connectivity index (χ4v) is 2.74. The number of hydrogen-bond donors (Lipinski definition) is 3. The first-order valence-corrected chi connectivity index (χ1v) is 9.27. The van der Waals surface area contributed by atoms with Crippen molar-refractivity contribution in [2.45, 2.75) is 26.0 Å². The first-order valence-electron chi connectivity index (χ1n) is 9.27. The fourth-order valence-electron chi connectivity index (χ4n) is 2.74. The van der Waals surface area contributed by atoms with Gasteiger partial charge in [0, 0.05) is 18.5 Å². The lowest BCUT2D eigenvalue weighted by molar-refractivity contribution is -0.154. The second-order valence-corrected chi connectivity index (χ2v) is 6.46. The smallest absolute Gasteiger partial charge is 0.308 e. The average Bonchev–Trinajstić information content (AvgIpc) is 3.17. The van der Waals surface area contributed by atoms with Crippen molar-refractivity contribution < 1.29 is 19.1 Å². The third-order valence-corrected chi connectivity index (χ3v) is 4.29. The normalized spacial score (nSPS) is 11.6. The van der Waals surface area contributed by atoms with E-state index in [9.17, 15) is 14.4 Å². The van der Waals surface area contributed by atoms with Gasteiger partial charge in [0.05, 0.1) is 11.9 Å². The molecule has 0 aliphatic heterocycles. The highest BCUT2D eigenvalue weighted by Crippen LogP contribution is 2.14. The van der Waals surface area contributed by atoms with E-state index in [4.69, 9.17) is 4.74 Å². The van der Waals surface area contributed by atoms with Gasteiger partial charge in [-0.15, -0.1) is 0 Å². The average molecular weight is 394 g/mol. The highest BCUT2D eigenvalue weighted by molar-refractivity contribution is 6.04. The van der Waals surface area contributed by atoms with Crippen LogP contribution in [-0.2, 0) is 20.9 Å². The summed E-state index contributed by atoms with van der Waals surface area (Å²) < 4.78 is 5.12. The number of rotatable bonds is 8. The van der Waals surface area contributed by atoms with Crippen LogP contribution >= 0.6 is 0 Å². The number of benzene rings is 2. The van der Waals surface area contributed by atoms with Crippen LogP contribution in [-0.4, -0.2) is 40.6 Å². The molecule has 1 unspecified atom stereocenters. The molecule has 3 rings (SSSR count). The number of aromatic nitrogens is 2. The predicted octanol–water partition coefficient (Wildman–Crippen LogP) is 1.93. The van der Waals surface area contributed by atoms with Crippen LogP contribution < -0.4 is 10.6 Å². The zero-order valence-corrected chi connectivity index (χ0v) is 16.0. The molecule has 0 bridgehead atoms. The molecule has 0 aliphatic rings. The number of aromatic amines is 1. The lowest BCUT2D eigenvalue weighted by Crippen LogP contribution is -2.36. The van der Waals surface area contributed by atoms with Gasteiger partial charge < -0.3 is 15.4 Å². The van der Waals surface area contributed by atoms with Crippen LogP contribution in [0.4, 0.5) is 0 Å². The number of amides is 2. The molecule has 2 aromatic carbocycles. The molecule has 8 nitrogen and oxygen atoms in total. The van der Waals surface area contributed by atoms with Crippen LogP contribution in [0.2, 0.25) is 0 Å². The molecule has 0 radical (unpaired) electrons. The molecule has 0 fully saturated rings. The quantitative estimate of drug-likeness (QED) is 0.505. The van der Waals surface area contributed by atoms with Gasteiger partial charge in [-0.05, 0) is 18.6 Å². The van der Waals surface area contributed by atoms with Crippen molar-refractivity contribution >= 4 is 28.7 Å². The van der Waals surface area contributed by atoms with Crippen LogP contribution in [0, 0.1) is 0 Å². The number of esters is 1. The van der Waals surface area contributed by atoms with Crippen LogP contribution in [0.3, 0.4) is 0 Å². The minimum atomic E-state index is -0.919. The molecule has 0 saturated heterocycles. The van der Waals surface area contributed by atoms with Crippen LogP contribution in [0.1, 0.15) is 29.4 Å². The molecule has 1 atom stereocenters. The molecule has 2 amide bonds. The Morgan fingerprint density at radius 2 is 1.76 bits per heavy atom. The van der Waals surface area contributed by atoms with E-state index in [1.165, 1.54) is 6.92 Å². The summed E-state index contributed by atoms with van der Waals surface area (Å²) in [6.07, 6.45) is -0.970. The zero-order valence-electron chi connectivity index (χ0n) is 16.0. The summed E-state index contributed by atoms with van der Waals surface area (Å²) in [6.45, 7) is 1.94. The number of carbonyl (C=O) groups is 3. The zero-order chi connectivity index (χ0) is 20.6. The van der Waals surface area contributed by atoms with Crippen molar-refractivity contribution in [2.75, 3.05) is 6.54 Å². The summed E-state index contributed by atoms with van der Waals surface area (Å²) in [4.78, 5) is 36.2. The van der Waals surface area contributed by atoms with Crippen molar-refractivity contribution in [3.8, 4) is 0 Å². The predicted molar refractivity (Wildman–Crippen MR) is 107 cm³/mol. The summed E-state index contributed by atoms with van der Waals surface area (Å²) in [7, 11) is 0. The van der Waals surface area contributed by atoms with Crippen molar-refractivity contribution in [3.05, 3.63) is 65.9 Å². The van der Waals surface area contributed by atoms with E-state index < -0.39 is 12.1 Å². The maximum absolute atomic E-state index is 12.2.